The van der Waals surface area contributed by atoms with Gasteiger partial charge in [-0.15, -0.1) is 0 Å². The number of rotatable bonds is 6. The summed E-state index contributed by atoms with van der Waals surface area (Å²) in [4.78, 5) is 32.3. The van der Waals surface area contributed by atoms with E-state index in [0.29, 0.717) is 10.9 Å². The van der Waals surface area contributed by atoms with Crippen molar-refractivity contribution in [1.82, 2.24) is 15.3 Å². The fourth-order valence-corrected chi connectivity index (χ4v) is 4.04. The largest absolute Gasteiger partial charge is 0.476 e. The molecule has 194 valence electrons. The summed E-state index contributed by atoms with van der Waals surface area (Å²) in [6.45, 7) is 4.00. The third kappa shape index (κ3) is 5.43. The molecule has 0 spiro atoms. The Hall–Kier alpha value is -4.32. The lowest BCUT2D eigenvalue weighted by Gasteiger charge is -2.20. The topological polar surface area (TPSA) is 143 Å². The number of carbonyl (C=O) groups is 2. The van der Waals surface area contributed by atoms with Gasteiger partial charge in [0, 0.05) is 36.7 Å². The Morgan fingerprint density at radius 2 is 1.76 bits per heavy atom. The molecule has 2 aromatic carbocycles. The number of aromatic carboxylic acids is 1. The van der Waals surface area contributed by atoms with Gasteiger partial charge < -0.3 is 14.8 Å². The molecular weight excluding hydrogens is 503 g/mol. The molecule has 2 N–H and O–H groups in total. The quantitative estimate of drug-likeness (QED) is 0.380. The first kappa shape index (κ1) is 27.3. The molecule has 2 heterocycles. The number of carbonyl (C=O) groups excluding carboxylic acids is 1. The Morgan fingerprint density at radius 1 is 1.11 bits per heavy atom. The van der Waals surface area contributed by atoms with Gasteiger partial charge in [-0.25, -0.2) is 22.6 Å². The number of hydrogen-bond donors (Lipinski definition) is 2. The van der Waals surface area contributed by atoms with Crippen LogP contribution in [0.1, 0.15) is 34.7 Å². The van der Waals surface area contributed by atoms with Crippen LogP contribution in [0.3, 0.4) is 0 Å². The first-order chi connectivity index (χ1) is 17.5. The molecule has 0 saturated carbocycles. The highest BCUT2D eigenvalue weighted by molar-refractivity contribution is 7.92. The van der Waals surface area contributed by atoms with Crippen LogP contribution in [0.2, 0.25) is 0 Å². The number of anilines is 1. The van der Waals surface area contributed by atoms with Gasteiger partial charge in [-0.3, -0.25) is 14.1 Å². The molecule has 0 radical (unpaired) electrons. The van der Waals surface area contributed by atoms with Gasteiger partial charge in [0.25, 0.3) is 5.91 Å². The third-order valence-corrected chi connectivity index (χ3v) is 6.52. The van der Waals surface area contributed by atoms with E-state index >= 15 is 0 Å². The van der Waals surface area contributed by atoms with Crippen LogP contribution in [-0.4, -0.2) is 55.7 Å². The number of carboxylic acid groups (broad SMARTS) is 1. The van der Waals surface area contributed by atoms with Gasteiger partial charge in [0.05, 0.1) is 35.6 Å². The number of benzene rings is 2. The molecule has 0 atom stereocenters. The lowest BCUT2D eigenvalue weighted by molar-refractivity contribution is 0.0689. The summed E-state index contributed by atoms with van der Waals surface area (Å²) in [6, 6.07) is 8.25. The number of aromatic nitrogens is 2. The summed E-state index contributed by atoms with van der Waals surface area (Å²) in [5.41, 5.74) is 0.794. The number of carboxylic acids is 1. The molecule has 37 heavy (non-hydrogen) atoms. The molecule has 0 saturated heterocycles. The van der Waals surface area contributed by atoms with E-state index in [1.54, 1.807) is 0 Å². The molecule has 0 fully saturated rings. The summed E-state index contributed by atoms with van der Waals surface area (Å²) in [5, 5.41) is 12.2. The predicted molar refractivity (Wildman–Crippen MR) is 138 cm³/mol. The standard InChI is InChI=1S/C23H19FN4O6S.C2H6/c1-25-22(29)20-15-8-14(16-10-26-11-17(27-16)23(30)31)18(28(2)35(3,32)33)9-19(15)34-21(20)12-4-6-13(24)7-5-12;1-2/h4-11H,1-3H3,(H,25,29)(H,30,31);1-2H3. The van der Waals surface area contributed by atoms with Crippen LogP contribution >= 0.6 is 0 Å². The number of amides is 1. The molecule has 0 aliphatic carbocycles. The first-order valence-electron chi connectivity index (χ1n) is 11.1. The van der Waals surface area contributed by atoms with Gasteiger partial charge in [-0.1, -0.05) is 13.8 Å². The van der Waals surface area contributed by atoms with Crippen molar-refractivity contribution in [2.24, 2.45) is 0 Å². The van der Waals surface area contributed by atoms with E-state index in [1.807, 2.05) is 13.8 Å². The van der Waals surface area contributed by atoms with Crippen molar-refractivity contribution >= 4 is 38.6 Å². The number of fused-ring (bicyclic) bond motifs is 1. The highest BCUT2D eigenvalue weighted by Crippen LogP contribution is 2.40. The minimum atomic E-state index is -3.76. The third-order valence-electron chi connectivity index (χ3n) is 5.33. The van der Waals surface area contributed by atoms with E-state index in [2.05, 4.69) is 15.3 Å². The highest BCUT2D eigenvalue weighted by atomic mass is 32.2. The van der Waals surface area contributed by atoms with Crippen LogP contribution in [0.4, 0.5) is 10.1 Å². The van der Waals surface area contributed by atoms with Gasteiger partial charge >= 0.3 is 5.97 Å². The summed E-state index contributed by atoms with van der Waals surface area (Å²) < 4.78 is 45.2. The van der Waals surface area contributed by atoms with Crippen LogP contribution in [0.5, 0.6) is 0 Å². The summed E-state index contributed by atoms with van der Waals surface area (Å²) in [7, 11) is -1.00. The molecule has 0 bridgehead atoms. The Morgan fingerprint density at radius 3 is 2.32 bits per heavy atom. The fraction of sp³-hybridized carbons (Fsp3) is 0.200. The Kier molecular flexibility index (Phi) is 7.92. The minimum absolute atomic E-state index is 0.0738. The second-order valence-corrected chi connectivity index (χ2v) is 9.60. The SMILES string of the molecule is CC.CNC(=O)c1c(-c2ccc(F)cc2)oc2cc(N(C)S(C)(=O)=O)c(-c3cncc(C(=O)O)n3)cc12. The molecule has 12 heteroatoms. The summed E-state index contributed by atoms with van der Waals surface area (Å²) >= 11 is 0. The summed E-state index contributed by atoms with van der Waals surface area (Å²) in [6.07, 6.45) is 3.35. The van der Waals surface area contributed by atoms with Crippen LogP contribution < -0.4 is 9.62 Å². The molecule has 4 rings (SSSR count). The molecule has 1 amide bonds. The molecule has 0 aliphatic rings. The van der Waals surface area contributed by atoms with Gasteiger partial charge in [-0.05, 0) is 30.3 Å². The number of sulfonamides is 1. The molecule has 0 unspecified atom stereocenters. The second kappa shape index (κ2) is 10.7. The average molecular weight is 529 g/mol. The summed E-state index contributed by atoms with van der Waals surface area (Å²) in [5.74, 6) is -2.13. The van der Waals surface area contributed by atoms with E-state index in [4.69, 9.17) is 4.42 Å². The van der Waals surface area contributed by atoms with Crippen molar-refractivity contribution in [3.63, 3.8) is 0 Å². The lowest BCUT2D eigenvalue weighted by Crippen LogP contribution is -2.25. The van der Waals surface area contributed by atoms with Crippen molar-refractivity contribution in [2.45, 2.75) is 13.8 Å². The predicted octanol–water partition coefficient (Wildman–Crippen LogP) is 4.18. The lowest BCUT2D eigenvalue weighted by atomic mass is 10.0. The molecular formula is C25H25FN4O6S. The number of halogens is 1. The highest BCUT2D eigenvalue weighted by Gasteiger charge is 2.26. The first-order valence-corrected chi connectivity index (χ1v) is 12.9. The van der Waals surface area contributed by atoms with Gasteiger partial charge in [0.15, 0.2) is 5.69 Å². The van der Waals surface area contributed by atoms with Crippen LogP contribution in [-0.2, 0) is 10.0 Å². The van der Waals surface area contributed by atoms with Crippen molar-refractivity contribution in [3.8, 4) is 22.6 Å². The minimum Gasteiger partial charge on any atom is -0.476 e. The zero-order valence-electron chi connectivity index (χ0n) is 20.7. The van der Waals surface area contributed by atoms with E-state index in [-0.39, 0.29) is 39.5 Å². The smallest absolute Gasteiger partial charge is 0.356 e. The number of furan rings is 1. The number of nitrogens with one attached hydrogen (secondary N) is 1. The monoisotopic (exact) mass is 528 g/mol. The maximum atomic E-state index is 13.5. The fourth-order valence-electron chi connectivity index (χ4n) is 3.53. The van der Waals surface area contributed by atoms with Gasteiger partial charge in [0.1, 0.15) is 17.2 Å². The van der Waals surface area contributed by atoms with Crippen molar-refractivity contribution in [2.75, 3.05) is 24.7 Å². The zero-order valence-corrected chi connectivity index (χ0v) is 21.6. The van der Waals surface area contributed by atoms with Crippen molar-refractivity contribution in [1.29, 1.82) is 0 Å². The Bertz CT molecular complexity index is 1580. The molecule has 4 aromatic rings. The molecule has 0 aliphatic heterocycles. The Labute approximate surface area is 212 Å². The van der Waals surface area contributed by atoms with Crippen LogP contribution in [0.15, 0.2) is 53.2 Å². The number of hydrogen-bond acceptors (Lipinski definition) is 7. The average Bonchev–Trinajstić information content (AvgIpc) is 3.26. The van der Waals surface area contributed by atoms with E-state index in [1.165, 1.54) is 56.7 Å². The molecule has 10 nitrogen and oxygen atoms in total. The molecule has 2 aromatic heterocycles. The maximum Gasteiger partial charge on any atom is 0.356 e. The van der Waals surface area contributed by atoms with Crippen molar-refractivity contribution < 1.29 is 31.9 Å². The van der Waals surface area contributed by atoms with Crippen molar-refractivity contribution in [3.05, 3.63) is 65.9 Å². The van der Waals surface area contributed by atoms with Crippen LogP contribution in [0.25, 0.3) is 33.6 Å². The maximum absolute atomic E-state index is 13.5. The number of nitrogens with zero attached hydrogens (tertiary/aromatic N) is 3. The Balaban J connectivity index is 0.00000186. The van der Waals surface area contributed by atoms with Gasteiger partial charge in [0.2, 0.25) is 10.0 Å². The zero-order chi connectivity index (χ0) is 27.5. The van der Waals surface area contributed by atoms with E-state index in [9.17, 15) is 27.5 Å². The second-order valence-electron chi connectivity index (χ2n) is 7.58. The normalized spacial score (nSPS) is 11.0. The van der Waals surface area contributed by atoms with E-state index in [0.717, 1.165) is 16.8 Å². The van der Waals surface area contributed by atoms with Crippen LogP contribution in [0, 0.1) is 5.82 Å². The van der Waals surface area contributed by atoms with Gasteiger partial charge in [-0.2, -0.15) is 0 Å². The van der Waals surface area contributed by atoms with E-state index < -0.39 is 27.7 Å².